The van der Waals surface area contributed by atoms with Gasteiger partial charge in [-0.05, 0) is 12.8 Å². The molecule has 4 rings (SSSR count). The Labute approximate surface area is 149 Å². The van der Waals surface area contributed by atoms with Crippen molar-refractivity contribution in [2.75, 3.05) is 33.4 Å². The summed E-state index contributed by atoms with van der Waals surface area (Å²) < 4.78 is 5.07. The standard InChI is InChI=1S/C16H21N7O3/c1-26-8-12(24)23-5-2-11-13(18-9-17-11)16(23)3-6-22(7-4-16)15(25)14-19-10-20-21-14/h9-10H,2-8H2,1H3,(H,17,18)(H,19,20,21). The third-order valence-corrected chi connectivity index (χ3v) is 5.33. The first-order valence-electron chi connectivity index (χ1n) is 8.62. The highest BCUT2D eigenvalue weighted by molar-refractivity contribution is 5.90. The van der Waals surface area contributed by atoms with Crippen molar-refractivity contribution in [1.82, 2.24) is 34.9 Å². The molecule has 2 aromatic heterocycles. The minimum Gasteiger partial charge on any atom is -0.375 e. The summed E-state index contributed by atoms with van der Waals surface area (Å²) in [4.78, 5) is 40.5. The lowest BCUT2D eigenvalue weighted by atomic mass is 9.78. The van der Waals surface area contributed by atoms with Gasteiger partial charge in [-0.3, -0.25) is 14.7 Å². The summed E-state index contributed by atoms with van der Waals surface area (Å²) >= 11 is 0. The molecule has 2 amide bonds. The quantitative estimate of drug-likeness (QED) is 0.776. The summed E-state index contributed by atoms with van der Waals surface area (Å²) in [6, 6.07) is 0. The number of carbonyl (C=O) groups is 2. The van der Waals surface area contributed by atoms with E-state index < -0.39 is 5.54 Å². The van der Waals surface area contributed by atoms with Gasteiger partial charge in [0.1, 0.15) is 12.9 Å². The Morgan fingerprint density at radius 1 is 1.27 bits per heavy atom. The highest BCUT2D eigenvalue weighted by Gasteiger charge is 2.49. The summed E-state index contributed by atoms with van der Waals surface area (Å²) in [5, 5.41) is 6.35. The number of hydrogen-bond acceptors (Lipinski definition) is 6. The van der Waals surface area contributed by atoms with Crippen LogP contribution in [-0.4, -0.2) is 80.1 Å². The van der Waals surface area contributed by atoms with Gasteiger partial charge in [-0.2, -0.15) is 5.10 Å². The van der Waals surface area contributed by atoms with Crippen molar-refractivity contribution >= 4 is 11.8 Å². The normalized spacial score (nSPS) is 18.8. The van der Waals surface area contributed by atoms with Crippen LogP contribution in [0.3, 0.4) is 0 Å². The number of rotatable bonds is 3. The Morgan fingerprint density at radius 3 is 2.77 bits per heavy atom. The third-order valence-electron chi connectivity index (χ3n) is 5.33. The minimum absolute atomic E-state index is 0.0439. The lowest BCUT2D eigenvalue weighted by Crippen LogP contribution is -2.59. The van der Waals surface area contributed by atoms with E-state index in [4.69, 9.17) is 4.74 Å². The maximum atomic E-state index is 12.7. The van der Waals surface area contributed by atoms with E-state index in [9.17, 15) is 9.59 Å². The van der Waals surface area contributed by atoms with Crippen molar-refractivity contribution in [2.45, 2.75) is 24.8 Å². The highest BCUT2D eigenvalue weighted by atomic mass is 16.5. The largest absolute Gasteiger partial charge is 0.375 e. The lowest BCUT2D eigenvalue weighted by molar-refractivity contribution is -0.145. The number of carbonyl (C=O) groups excluding carboxylic acids is 2. The van der Waals surface area contributed by atoms with Crippen LogP contribution in [0.2, 0.25) is 0 Å². The number of H-pyrrole nitrogens is 2. The van der Waals surface area contributed by atoms with Gasteiger partial charge in [0.25, 0.3) is 5.91 Å². The molecule has 26 heavy (non-hydrogen) atoms. The number of imidazole rings is 1. The molecular formula is C16H21N7O3. The Balaban J connectivity index is 1.59. The number of piperidine rings is 1. The molecule has 0 saturated carbocycles. The van der Waals surface area contributed by atoms with Gasteiger partial charge in [0.2, 0.25) is 11.7 Å². The monoisotopic (exact) mass is 359 g/mol. The maximum absolute atomic E-state index is 12.7. The van der Waals surface area contributed by atoms with Gasteiger partial charge in [-0.25, -0.2) is 9.97 Å². The van der Waals surface area contributed by atoms with E-state index >= 15 is 0 Å². The van der Waals surface area contributed by atoms with E-state index in [0.29, 0.717) is 32.5 Å². The Morgan fingerprint density at radius 2 is 2.08 bits per heavy atom. The van der Waals surface area contributed by atoms with Crippen molar-refractivity contribution in [2.24, 2.45) is 0 Å². The zero-order chi connectivity index (χ0) is 18.1. The zero-order valence-corrected chi connectivity index (χ0v) is 14.6. The topological polar surface area (TPSA) is 120 Å². The van der Waals surface area contributed by atoms with Crippen LogP contribution in [0, 0.1) is 0 Å². The van der Waals surface area contributed by atoms with Gasteiger partial charge in [-0.15, -0.1) is 0 Å². The average Bonchev–Trinajstić information content (AvgIpc) is 3.34. The fraction of sp³-hybridized carbons (Fsp3) is 0.562. The highest BCUT2D eigenvalue weighted by Crippen LogP contribution is 2.42. The van der Waals surface area contributed by atoms with Gasteiger partial charge in [-0.1, -0.05) is 0 Å². The van der Waals surface area contributed by atoms with E-state index in [1.165, 1.54) is 13.4 Å². The number of fused-ring (bicyclic) bond motifs is 2. The number of nitrogens with one attached hydrogen (secondary N) is 2. The van der Waals surface area contributed by atoms with Crippen LogP contribution in [0.15, 0.2) is 12.7 Å². The molecule has 0 unspecified atom stereocenters. The van der Waals surface area contributed by atoms with Crippen molar-refractivity contribution in [3.63, 3.8) is 0 Å². The van der Waals surface area contributed by atoms with E-state index in [2.05, 4.69) is 25.1 Å². The van der Waals surface area contributed by atoms with Gasteiger partial charge >= 0.3 is 0 Å². The number of hydrogen-bond donors (Lipinski definition) is 2. The molecule has 0 radical (unpaired) electrons. The first-order chi connectivity index (χ1) is 12.7. The number of amides is 2. The fourth-order valence-corrected chi connectivity index (χ4v) is 4.09. The predicted molar refractivity (Wildman–Crippen MR) is 89.1 cm³/mol. The van der Waals surface area contributed by atoms with Gasteiger partial charge in [0, 0.05) is 38.9 Å². The Hall–Kier alpha value is -2.75. The summed E-state index contributed by atoms with van der Waals surface area (Å²) in [6.07, 6.45) is 5.00. The summed E-state index contributed by atoms with van der Waals surface area (Å²) in [5.74, 6) is 0.0127. The van der Waals surface area contributed by atoms with Crippen molar-refractivity contribution in [3.05, 3.63) is 29.9 Å². The van der Waals surface area contributed by atoms with Crippen LogP contribution < -0.4 is 0 Å². The lowest BCUT2D eigenvalue weighted by Gasteiger charge is -2.50. The molecule has 2 aliphatic rings. The first kappa shape index (κ1) is 16.7. The number of aromatic nitrogens is 5. The Bertz CT molecular complexity index is 793. The predicted octanol–water partition coefficient (Wildman–Crippen LogP) is -0.310. The SMILES string of the molecule is COCC(=O)N1CCc2[nH]cnc2C12CCN(C(=O)c1ncn[nH]1)CC2. The van der Waals surface area contributed by atoms with Crippen molar-refractivity contribution in [3.8, 4) is 0 Å². The first-order valence-corrected chi connectivity index (χ1v) is 8.62. The van der Waals surface area contributed by atoms with E-state index in [1.54, 1.807) is 11.2 Å². The Kier molecular flexibility index (Phi) is 4.19. The number of likely N-dealkylation sites (tertiary alicyclic amines) is 1. The van der Waals surface area contributed by atoms with Crippen molar-refractivity contribution in [1.29, 1.82) is 0 Å². The number of nitrogens with zero attached hydrogens (tertiary/aromatic N) is 5. The fourth-order valence-electron chi connectivity index (χ4n) is 4.09. The molecule has 0 bridgehead atoms. The molecule has 2 aromatic rings. The summed E-state index contributed by atoms with van der Waals surface area (Å²) in [7, 11) is 1.52. The number of methoxy groups -OCH3 is 1. The molecular weight excluding hydrogens is 338 g/mol. The van der Waals surface area contributed by atoms with Gasteiger partial charge < -0.3 is 19.5 Å². The number of aromatic amines is 2. The van der Waals surface area contributed by atoms with E-state index in [-0.39, 0.29) is 24.2 Å². The minimum atomic E-state index is -0.499. The summed E-state index contributed by atoms with van der Waals surface area (Å²) in [6.45, 7) is 1.70. The molecule has 0 atom stereocenters. The molecule has 2 N–H and O–H groups in total. The molecule has 0 aromatic carbocycles. The second-order valence-corrected chi connectivity index (χ2v) is 6.62. The molecule has 0 aliphatic carbocycles. The van der Waals surface area contributed by atoms with E-state index in [0.717, 1.165) is 17.8 Å². The molecule has 2 aliphatic heterocycles. The maximum Gasteiger partial charge on any atom is 0.291 e. The zero-order valence-electron chi connectivity index (χ0n) is 14.6. The molecule has 4 heterocycles. The van der Waals surface area contributed by atoms with E-state index in [1.807, 2.05) is 4.90 Å². The van der Waals surface area contributed by atoms with Crippen molar-refractivity contribution < 1.29 is 14.3 Å². The van der Waals surface area contributed by atoms with Crippen LogP contribution in [-0.2, 0) is 21.5 Å². The number of ether oxygens (including phenoxy) is 1. The molecule has 1 fully saturated rings. The van der Waals surface area contributed by atoms with Crippen LogP contribution in [0.1, 0.15) is 34.8 Å². The molecule has 1 saturated heterocycles. The average molecular weight is 359 g/mol. The van der Waals surface area contributed by atoms with Crippen LogP contribution in [0.4, 0.5) is 0 Å². The molecule has 10 heteroatoms. The second kappa shape index (κ2) is 6.52. The molecule has 1 spiro atoms. The molecule has 10 nitrogen and oxygen atoms in total. The van der Waals surface area contributed by atoms with Gasteiger partial charge in [0.05, 0.1) is 17.6 Å². The van der Waals surface area contributed by atoms with Gasteiger partial charge in [0.15, 0.2) is 0 Å². The van der Waals surface area contributed by atoms with Crippen LogP contribution in [0.5, 0.6) is 0 Å². The molecule has 138 valence electrons. The van der Waals surface area contributed by atoms with Crippen LogP contribution in [0.25, 0.3) is 0 Å². The second-order valence-electron chi connectivity index (χ2n) is 6.62. The summed E-state index contributed by atoms with van der Waals surface area (Å²) in [5.41, 5.74) is 1.49. The third kappa shape index (κ3) is 2.57. The van der Waals surface area contributed by atoms with Crippen LogP contribution >= 0.6 is 0 Å². The smallest absolute Gasteiger partial charge is 0.291 e.